The Morgan fingerprint density at radius 2 is 1.50 bits per heavy atom. The van der Waals surface area contributed by atoms with E-state index in [0.717, 1.165) is 11.1 Å². The van der Waals surface area contributed by atoms with E-state index in [1.807, 2.05) is 60.7 Å². The molecule has 2 rings (SSSR count). The van der Waals surface area contributed by atoms with Crippen molar-refractivity contribution in [3.63, 3.8) is 0 Å². The molecule has 0 aliphatic rings. The summed E-state index contributed by atoms with van der Waals surface area (Å²) in [7, 11) is -1.90. The number of benzene rings is 2. The lowest BCUT2D eigenvalue weighted by Gasteiger charge is -2.23. The fourth-order valence-corrected chi connectivity index (χ4v) is 2.48. The summed E-state index contributed by atoms with van der Waals surface area (Å²) < 4.78 is 14.8. The number of rotatable bonds is 3. The van der Waals surface area contributed by atoms with Crippen molar-refractivity contribution in [2.75, 3.05) is 0 Å². The van der Waals surface area contributed by atoms with Gasteiger partial charge >= 0.3 is 0 Å². The van der Waals surface area contributed by atoms with Crippen molar-refractivity contribution in [2.24, 2.45) is 0 Å². The molecule has 1 nitrogen and oxygen atoms in total. The van der Waals surface area contributed by atoms with Crippen LogP contribution >= 0.6 is 0 Å². The van der Waals surface area contributed by atoms with Gasteiger partial charge in [-0.2, -0.15) is 0 Å². The summed E-state index contributed by atoms with van der Waals surface area (Å²) in [4.78, 5) is 0. The van der Waals surface area contributed by atoms with Crippen molar-refractivity contribution >= 4 is 8.32 Å². The third-order valence-electron chi connectivity index (χ3n) is 2.54. The summed E-state index contributed by atoms with van der Waals surface area (Å²) in [5.41, 5.74) is 1.67. The summed E-state index contributed by atoms with van der Waals surface area (Å²) in [5, 5.41) is 0. The summed E-state index contributed by atoms with van der Waals surface area (Å²) in [5.74, 6) is 6.08. The summed E-state index contributed by atoms with van der Waals surface area (Å²) in [6.45, 7) is 6.22. The molecule has 0 aromatic heterocycles. The van der Waals surface area contributed by atoms with E-state index in [1.54, 1.807) is 0 Å². The maximum Gasteiger partial charge on any atom is 0.185 e. The molecule has 1 unspecified atom stereocenters. The zero-order chi connectivity index (χ0) is 15.3. The Labute approximate surface area is 124 Å². The number of hydrogen-bond donors (Lipinski definition) is 0. The van der Waals surface area contributed by atoms with Crippen molar-refractivity contribution in [1.29, 1.82) is 0 Å². The fourth-order valence-electron chi connectivity index (χ4n) is 1.70. The summed E-state index contributed by atoms with van der Waals surface area (Å²) >= 11 is 0. The highest BCUT2D eigenvalue weighted by atomic mass is 28.4. The Morgan fingerprint density at radius 1 is 0.950 bits per heavy atom. The van der Waals surface area contributed by atoms with Gasteiger partial charge in [-0.25, -0.2) is 0 Å². The van der Waals surface area contributed by atoms with Gasteiger partial charge in [-0.15, -0.1) is 0 Å². The van der Waals surface area contributed by atoms with Gasteiger partial charge in [0.1, 0.15) is 6.08 Å². The molecule has 0 bridgehead atoms. The maximum atomic E-state index is 8.71. The van der Waals surface area contributed by atoms with Crippen LogP contribution in [-0.4, -0.2) is 8.32 Å². The second-order valence-corrected chi connectivity index (χ2v) is 9.95. The molecular weight excluding hydrogens is 260 g/mol. The van der Waals surface area contributed by atoms with E-state index in [0.29, 0.717) is 0 Å². The molecule has 0 radical (unpaired) electrons. The van der Waals surface area contributed by atoms with Crippen LogP contribution in [0.2, 0.25) is 19.6 Å². The van der Waals surface area contributed by atoms with Gasteiger partial charge in [-0.3, -0.25) is 0 Å². The first-order valence-electron chi connectivity index (χ1n) is 7.23. The van der Waals surface area contributed by atoms with Gasteiger partial charge in [-0.1, -0.05) is 60.4 Å². The van der Waals surface area contributed by atoms with Crippen LogP contribution in [0.15, 0.2) is 60.7 Å². The van der Waals surface area contributed by atoms with E-state index >= 15 is 0 Å². The molecule has 0 aliphatic carbocycles. The van der Waals surface area contributed by atoms with Crippen LogP contribution in [0.3, 0.4) is 0 Å². The molecule has 1 atom stereocenters. The average Bonchev–Trinajstić information content (AvgIpc) is 2.46. The first-order chi connectivity index (χ1) is 9.89. The Morgan fingerprint density at radius 3 is 2.05 bits per heavy atom. The topological polar surface area (TPSA) is 9.23 Å². The third kappa shape index (κ3) is 4.69. The van der Waals surface area contributed by atoms with Crippen LogP contribution in [0.5, 0.6) is 0 Å². The molecule has 0 saturated heterocycles. The minimum Gasteiger partial charge on any atom is -0.400 e. The Balaban J connectivity index is 2.40. The lowest BCUT2D eigenvalue weighted by atomic mass is 10.1. The van der Waals surface area contributed by atoms with Gasteiger partial charge in [-0.05, 0) is 37.3 Å². The highest BCUT2D eigenvalue weighted by molar-refractivity contribution is 6.69. The number of hydrogen-bond acceptors (Lipinski definition) is 1. The van der Waals surface area contributed by atoms with Crippen LogP contribution in [0.25, 0.3) is 0 Å². The van der Waals surface area contributed by atoms with Gasteiger partial charge in [0, 0.05) is 5.56 Å². The highest BCUT2D eigenvalue weighted by Gasteiger charge is 2.20. The Kier molecular flexibility index (Phi) is 4.32. The van der Waals surface area contributed by atoms with Crippen LogP contribution in [0, 0.1) is 11.8 Å². The van der Waals surface area contributed by atoms with Crippen molar-refractivity contribution in [1.82, 2.24) is 0 Å². The van der Waals surface area contributed by atoms with Crippen LogP contribution in [0.1, 0.15) is 18.6 Å². The van der Waals surface area contributed by atoms with Crippen LogP contribution in [-0.2, 0) is 4.43 Å². The molecule has 2 aromatic rings. The van der Waals surface area contributed by atoms with Gasteiger partial charge in [0.15, 0.2) is 8.32 Å². The second-order valence-electron chi connectivity index (χ2n) is 5.53. The molecule has 0 N–H and O–H groups in total. The van der Waals surface area contributed by atoms with Crippen LogP contribution in [0.4, 0.5) is 0 Å². The van der Waals surface area contributed by atoms with E-state index in [9.17, 15) is 0 Å². The molecule has 0 heterocycles. The van der Waals surface area contributed by atoms with E-state index < -0.39 is 14.4 Å². The largest absolute Gasteiger partial charge is 0.400 e. The monoisotopic (exact) mass is 281 g/mol. The SMILES string of the molecule is [2H]C(C#Cc1ccccc1)(O[Si](C)(C)C)c1ccccc1. The molecule has 102 valence electrons. The van der Waals surface area contributed by atoms with Crippen molar-refractivity contribution in [2.45, 2.75) is 25.7 Å². The first kappa shape index (κ1) is 13.2. The molecule has 0 amide bonds. The minimum atomic E-state index is -1.90. The van der Waals surface area contributed by atoms with Gasteiger partial charge in [0.2, 0.25) is 0 Å². The molecule has 20 heavy (non-hydrogen) atoms. The van der Waals surface area contributed by atoms with Gasteiger partial charge in [0.05, 0.1) is 1.37 Å². The predicted octanol–water partition coefficient (Wildman–Crippen LogP) is 4.63. The fraction of sp³-hybridized carbons (Fsp3) is 0.222. The van der Waals surface area contributed by atoms with Gasteiger partial charge in [0.25, 0.3) is 0 Å². The first-order valence-corrected chi connectivity index (χ1v) is 10.1. The third-order valence-corrected chi connectivity index (χ3v) is 3.35. The van der Waals surface area contributed by atoms with Crippen molar-refractivity contribution in [3.05, 3.63) is 71.8 Å². The Hall–Kier alpha value is -1.82. The zero-order valence-corrected chi connectivity index (χ0v) is 13.2. The normalized spacial score (nSPS) is 14.7. The zero-order valence-electron chi connectivity index (χ0n) is 13.2. The molecular formula is C18H20OSi. The predicted molar refractivity (Wildman–Crippen MR) is 86.9 cm³/mol. The van der Waals surface area contributed by atoms with E-state index in [-0.39, 0.29) is 0 Å². The van der Waals surface area contributed by atoms with Crippen molar-refractivity contribution in [3.8, 4) is 11.8 Å². The molecule has 0 fully saturated rings. The lowest BCUT2D eigenvalue weighted by molar-refractivity contribution is 0.257. The minimum absolute atomic E-state index is 0.774. The van der Waals surface area contributed by atoms with Crippen LogP contribution < -0.4 is 0 Å². The smallest absolute Gasteiger partial charge is 0.185 e. The molecule has 0 saturated carbocycles. The summed E-state index contributed by atoms with van der Waals surface area (Å²) in [6.07, 6.45) is -1.32. The Bertz CT molecular complexity index is 638. The van der Waals surface area contributed by atoms with E-state index in [4.69, 9.17) is 5.80 Å². The quantitative estimate of drug-likeness (QED) is 0.588. The molecule has 0 aliphatic heterocycles. The highest BCUT2D eigenvalue weighted by Crippen LogP contribution is 2.21. The molecule has 2 aromatic carbocycles. The van der Waals surface area contributed by atoms with E-state index in [1.165, 1.54) is 0 Å². The lowest BCUT2D eigenvalue weighted by Crippen LogP contribution is -2.27. The van der Waals surface area contributed by atoms with E-state index in [2.05, 4.69) is 31.5 Å². The summed E-state index contributed by atoms with van der Waals surface area (Å²) in [6, 6.07) is 19.3. The molecule has 2 heteroatoms. The molecule has 0 spiro atoms. The van der Waals surface area contributed by atoms with Gasteiger partial charge < -0.3 is 4.43 Å². The van der Waals surface area contributed by atoms with Crippen molar-refractivity contribution < 1.29 is 5.80 Å². The maximum absolute atomic E-state index is 8.71. The average molecular weight is 281 g/mol. The second kappa shape index (κ2) is 6.56. The standard InChI is InChI=1S/C18H20OSi/c1-20(2,3)19-18(17-12-8-5-9-13-17)15-14-16-10-6-4-7-11-16/h4-13,18H,1-3H3/i18D.